The predicted molar refractivity (Wildman–Crippen MR) is 42.4 cm³/mol. The fraction of sp³-hybridized carbons (Fsp3) is 0.333. The number of aromatic amines is 1. The van der Waals surface area contributed by atoms with E-state index in [9.17, 15) is 4.79 Å². The Balaban J connectivity index is 2.64. The SMILES string of the molecule is NCCNc1nccc(=O)[nH]1. The van der Waals surface area contributed by atoms with Gasteiger partial charge in [-0.05, 0) is 0 Å². The molecule has 1 rings (SSSR count). The molecule has 0 fully saturated rings. The Kier molecular flexibility index (Phi) is 2.62. The molecule has 0 atom stereocenters. The summed E-state index contributed by atoms with van der Waals surface area (Å²) < 4.78 is 0. The number of nitrogens with two attached hydrogens (primary N) is 1. The zero-order valence-electron chi connectivity index (χ0n) is 6.00. The molecule has 0 aliphatic rings. The van der Waals surface area contributed by atoms with Crippen molar-refractivity contribution in [3.8, 4) is 0 Å². The first-order chi connectivity index (χ1) is 5.33. The Morgan fingerprint density at radius 1 is 1.73 bits per heavy atom. The quantitative estimate of drug-likeness (QED) is 0.529. The van der Waals surface area contributed by atoms with Crippen LogP contribution >= 0.6 is 0 Å². The van der Waals surface area contributed by atoms with Crippen LogP contribution < -0.4 is 16.6 Å². The molecule has 1 heterocycles. The molecular weight excluding hydrogens is 144 g/mol. The molecule has 11 heavy (non-hydrogen) atoms. The van der Waals surface area contributed by atoms with E-state index in [2.05, 4.69) is 15.3 Å². The van der Waals surface area contributed by atoms with Gasteiger partial charge in [-0.2, -0.15) is 0 Å². The first-order valence-corrected chi connectivity index (χ1v) is 3.32. The minimum absolute atomic E-state index is 0.167. The van der Waals surface area contributed by atoms with E-state index in [0.29, 0.717) is 19.0 Å². The van der Waals surface area contributed by atoms with E-state index in [-0.39, 0.29) is 5.56 Å². The lowest BCUT2D eigenvalue weighted by molar-refractivity contribution is 0.981. The smallest absolute Gasteiger partial charge is 0.252 e. The maximum atomic E-state index is 10.7. The summed E-state index contributed by atoms with van der Waals surface area (Å²) in [4.78, 5) is 17.1. The summed E-state index contributed by atoms with van der Waals surface area (Å²) in [6.45, 7) is 1.12. The fourth-order valence-electron chi connectivity index (χ4n) is 0.651. The zero-order chi connectivity index (χ0) is 8.10. The normalized spacial score (nSPS) is 9.55. The van der Waals surface area contributed by atoms with Gasteiger partial charge >= 0.3 is 0 Å². The maximum Gasteiger partial charge on any atom is 0.252 e. The van der Waals surface area contributed by atoms with Gasteiger partial charge in [0.25, 0.3) is 5.56 Å². The molecule has 4 N–H and O–H groups in total. The number of nitrogens with one attached hydrogen (secondary N) is 2. The van der Waals surface area contributed by atoms with Crippen LogP contribution in [0, 0.1) is 0 Å². The van der Waals surface area contributed by atoms with Crippen molar-refractivity contribution in [2.45, 2.75) is 0 Å². The minimum Gasteiger partial charge on any atom is -0.354 e. The lowest BCUT2D eigenvalue weighted by atomic mass is 10.6. The van der Waals surface area contributed by atoms with Crippen LogP contribution in [-0.4, -0.2) is 23.1 Å². The van der Waals surface area contributed by atoms with Crippen molar-refractivity contribution in [3.05, 3.63) is 22.6 Å². The Bertz CT molecular complexity index is 269. The van der Waals surface area contributed by atoms with Crippen LogP contribution in [0.2, 0.25) is 0 Å². The standard InChI is InChI=1S/C6H10N4O/c7-2-4-9-6-8-3-1-5(11)10-6/h1,3H,2,4,7H2,(H2,8,9,10,11). The summed E-state index contributed by atoms with van der Waals surface area (Å²) in [7, 11) is 0. The highest BCUT2D eigenvalue weighted by molar-refractivity contribution is 5.21. The van der Waals surface area contributed by atoms with Gasteiger partial charge in [0, 0.05) is 25.4 Å². The van der Waals surface area contributed by atoms with Gasteiger partial charge in [-0.15, -0.1) is 0 Å². The first-order valence-electron chi connectivity index (χ1n) is 3.32. The van der Waals surface area contributed by atoms with Gasteiger partial charge in [0.2, 0.25) is 5.95 Å². The van der Waals surface area contributed by atoms with Crippen molar-refractivity contribution in [2.75, 3.05) is 18.4 Å². The van der Waals surface area contributed by atoms with E-state index < -0.39 is 0 Å². The van der Waals surface area contributed by atoms with E-state index in [1.54, 1.807) is 0 Å². The second-order valence-electron chi connectivity index (χ2n) is 2.00. The molecule has 0 amide bonds. The maximum absolute atomic E-state index is 10.7. The summed E-state index contributed by atoms with van der Waals surface area (Å²) in [5.41, 5.74) is 5.07. The second-order valence-corrected chi connectivity index (χ2v) is 2.00. The van der Waals surface area contributed by atoms with Crippen molar-refractivity contribution in [1.82, 2.24) is 9.97 Å². The van der Waals surface area contributed by atoms with Crippen LogP contribution in [0.25, 0.3) is 0 Å². The third-order valence-corrected chi connectivity index (χ3v) is 1.11. The average molecular weight is 154 g/mol. The lowest BCUT2D eigenvalue weighted by Gasteiger charge is -2.00. The van der Waals surface area contributed by atoms with Gasteiger partial charge in [-0.3, -0.25) is 9.78 Å². The highest BCUT2D eigenvalue weighted by atomic mass is 16.1. The molecule has 60 valence electrons. The van der Waals surface area contributed by atoms with Gasteiger partial charge in [-0.25, -0.2) is 4.98 Å². The number of aromatic nitrogens is 2. The molecule has 0 saturated heterocycles. The lowest BCUT2D eigenvalue weighted by Crippen LogP contribution is -2.17. The summed E-state index contributed by atoms with van der Waals surface area (Å²) in [5, 5.41) is 2.84. The average Bonchev–Trinajstić information content (AvgIpc) is 2.01. The Hall–Kier alpha value is -1.36. The molecule has 0 aromatic carbocycles. The Morgan fingerprint density at radius 3 is 3.18 bits per heavy atom. The van der Waals surface area contributed by atoms with Gasteiger partial charge in [0.15, 0.2) is 0 Å². The molecule has 0 spiro atoms. The van der Waals surface area contributed by atoms with E-state index in [0.717, 1.165) is 0 Å². The molecule has 5 nitrogen and oxygen atoms in total. The highest BCUT2D eigenvalue weighted by Gasteiger charge is 1.89. The van der Waals surface area contributed by atoms with Crippen molar-refractivity contribution in [1.29, 1.82) is 0 Å². The van der Waals surface area contributed by atoms with E-state index >= 15 is 0 Å². The van der Waals surface area contributed by atoms with Crippen LogP contribution in [0.5, 0.6) is 0 Å². The molecule has 0 aliphatic carbocycles. The Labute approximate surface area is 63.7 Å². The van der Waals surface area contributed by atoms with Gasteiger partial charge in [0.05, 0.1) is 0 Å². The molecular formula is C6H10N4O. The van der Waals surface area contributed by atoms with Crippen LogP contribution in [0.15, 0.2) is 17.1 Å². The molecule has 0 bridgehead atoms. The molecule has 0 saturated carbocycles. The van der Waals surface area contributed by atoms with Crippen molar-refractivity contribution >= 4 is 5.95 Å². The largest absolute Gasteiger partial charge is 0.354 e. The number of nitrogens with zero attached hydrogens (tertiary/aromatic N) is 1. The molecule has 1 aromatic heterocycles. The van der Waals surface area contributed by atoms with Crippen LogP contribution in [0.1, 0.15) is 0 Å². The van der Waals surface area contributed by atoms with Gasteiger partial charge in [-0.1, -0.05) is 0 Å². The van der Waals surface area contributed by atoms with Crippen molar-refractivity contribution in [2.24, 2.45) is 5.73 Å². The summed E-state index contributed by atoms with van der Waals surface area (Å²) >= 11 is 0. The predicted octanol–water partition coefficient (Wildman–Crippen LogP) is -0.860. The Morgan fingerprint density at radius 2 is 2.55 bits per heavy atom. The van der Waals surface area contributed by atoms with Crippen LogP contribution in [0.3, 0.4) is 0 Å². The molecule has 0 radical (unpaired) electrons. The monoisotopic (exact) mass is 154 g/mol. The summed E-state index contributed by atoms with van der Waals surface area (Å²) in [5.74, 6) is 0.461. The van der Waals surface area contributed by atoms with Crippen LogP contribution in [0.4, 0.5) is 5.95 Å². The molecule has 1 aromatic rings. The molecule has 0 unspecified atom stereocenters. The second kappa shape index (κ2) is 3.72. The topological polar surface area (TPSA) is 83.8 Å². The number of H-pyrrole nitrogens is 1. The highest BCUT2D eigenvalue weighted by Crippen LogP contribution is 1.87. The third-order valence-electron chi connectivity index (χ3n) is 1.11. The zero-order valence-corrected chi connectivity index (χ0v) is 6.00. The van der Waals surface area contributed by atoms with Crippen molar-refractivity contribution in [3.63, 3.8) is 0 Å². The van der Waals surface area contributed by atoms with E-state index in [1.807, 2.05) is 0 Å². The third kappa shape index (κ3) is 2.38. The van der Waals surface area contributed by atoms with Gasteiger partial charge in [0.1, 0.15) is 0 Å². The fourth-order valence-corrected chi connectivity index (χ4v) is 0.651. The van der Waals surface area contributed by atoms with E-state index in [4.69, 9.17) is 5.73 Å². The van der Waals surface area contributed by atoms with Crippen LogP contribution in [-0.2, 0) is 0 Å². The van der Waals surface area contributed by atoms with Crippen molar-refractivity contribution < 1.29 is 0 Å². The number of hydrogen-bond donors (Lipinski definition) is 3. The molecule has 5 heteroatoms. The number of anilines is 1. The number of hydrogen-bond acceptors (Lipinski definition) is 4. The van der Waals surface area contributed by atoms with E-state index in [1.165, 1.54) is 12.3 Å². The molecule has 0 aliphatic heterocycles. The summed E-state index contributed by atoms with van der Waals surface area (Å²) in [6, 6.07) is 1.35. The minimum atomic E-state index is -0.167. The van der Waals surface area contributed by atoms with Gasteiger partial charge < -0.3 is 11.1 Å². The first kappa shape index (κ1) is 7.74. The number of rotatable bonds is 3. The summed E-state index contributed by atoms with van der Waals surface area (Å²) in [6.07, 6.45) is 1.44.